The third-order valence-corrected chi connectivity index (χ3v) is 8.16. The first-order valence-corrected chi connectivity index (χ1v) is 14.6. The average molecular weight is 607 g/mol. The van der Waals surface area contributed by atoms with Crippen molar-refractivity contribution >= 4 is 40.6 Å². The number of aromatic nitrogens is 2. The number of carbonyl (C=O) groups is 2. The summed E-state index contributed by atoms with van der Waals surface area (Å²) in [6, 6.07) is 15.9. The lowest BCUT2D eigenvalue weighted by molar-refractivity contribution is 0.0968. The summed E-state index contributed by atoms with van der Waals surface area (Å²) in [5, 5.41) is 10.3. The number of aliphatic hydroxyl groups excluding tert-OH is 1. The molecule has 9 heteroatoms. The van der Waals surface area contributed by atoms with Crippen molar-refractivity contribution in [2.45, 2.75) is 52.6 Å². The van der Waals surface area contributed by atoms with Crippen molar-refractivity contribution in [3.05, 3.63) is 98.3 Å². The number of fused-ring (bicyclic) bond motifs is 1. The smallest absolute Gasteiger partial charge is 0.279 e. The first-order valence-electron chi connectivity index (χ1n) is 13.9. The van der Waals surface area contributed by atoms with E-state index in [4.69, 9.17) is 38.0 Å². The van der Waals surface area contributed by atoms with Crippen LogP contribution in [0.15, 0.2) is 54.6 Å². The van der Waals surface area contributed by atoms with E-state index in [2.05, 4.69) is 4.57 Å². The lowest BCUT2D eigenvalue weighted by atomic mass is 9.97. The van der Waals surface area contributed by atoms with Crippen LogP contribution in [0.1, 0.15) is 82.0 Å². The van der Waals surface area contributed by atoms with Crippen LogP contribution < -0.4 is 9.64 Å². The first kappa shape index (κ1) is 29.8. The fourth-order valence-electron chi connectivity index (χ4n) is 5.69. The molecule has 218 valence electrons. The van der Waals surface area contributed by atoms with Gasteiger partial charge in [-0.3, -0.25) is 14.5 Å². The predicted octanol–water partition coefficient (Wildman–Crippen LogP) is 7.77. The van der Waals surface area contributed by atoms with Crippen LogP contribution in [-0.4, -0.2) is 40.1 Å². The van der Waals surface area contributed by atoms with Crippen LogP contribution in [0, 0.1) is 13.8 Å². The molecule has 7 nitrogen and oxygen atoms in total. The number of Topliss-reactive ketones (excluding diaryl/α,β-unsaturated/α-hetero) is 1. The van der Waals surface area contributed by atoms with Crippen LogP contribution >= 0.6 is 23.2 Å². The molecule has 1 aliphatic heterocycles. The molecule has 1 unspecified atom stereocenters. The molecular formula is C33H33Cl2N3O4. The Kier molecular flexibility index (Phi) is 8.46. The maximum absolute atomic E-state index is 14.3. The Bertz CT molecular complexity index is 1700. The van der Waals surface area contributed by atoms with Crippen LogP contribution in [0.3, 0.4) is 0 Å². The molecule has 0 saturated carbocycles. The maximum Gasteiger partial charge on any atom is 0.279 e. The number of halogens is 2. The third kappa shape index (κ3) is 5.21. The highest BCUT2D eigenvalue weighted by Gasteiger charge is 2.45. The molecule has 1 aliphatic rings. The van der Waals surface area contributed by atoms with Gasteiger partial charge in [0.1, 0.15) is 17.6 Å². The number of aliphatic hydroxyl groups is 1. The third-order valence-electron chi connectivity index (χ3n) is 7.69. The van der Waals surface area contributed by atoms with Crippen LogP contribution in [0.4, 0.5) is 5.69 Å². The molecule has 0 spiro atoms. The number of amides is 1. The van der Waals surface area contributed by atoms with Gasteiger partial charge in [-0.2, -0.15) is 0 Å². The normalized spacial score (nSPS) is 14.5. The molecule has 3 aromatic carbocycles. The number of hydrogen-bond acceptors (Lipinski definition) is 5. The molecule has 1 amide bonds. The van der Waals surface area contributed by atoms with Gasteiger partial charge in [0, 0.05) is 40.4 Å². The van der Waals surface area contributed by atoms with Crippen LogP contribution in [-0.2, 0) is 0 Å². The van der Waals surface area contributed by atoms with Crippen LogP contribution in [0.25, 0.3) is 11.4 Å². The fourth-order valence-corrected chi connectivity index (χ4v) is 6.08. The molecule has 4 aromatic rings. The Hall–Kier alpha value is -3.65. The molecular weight excluding hydrogens is 573 g/mol. The largest absolute Gasteiger partial charge is 0.496 e. The Morgan fingerprint density at radius 2 is 1.74 bits per heavy atom. The van der Waals surface area contributed by atoms with Crippen molar-refractivity contribution in [3.63, 3.8) is 0 Å². The summed E-state index contributed by atoms with van der Waals surface area (Å²) in [6.07, 6.45) is 0.632. The van der Waals surface area contributed by atoms with Gasteiger partial charge in [-0.25, -0.2) is 4.98 Å². The number of benzene rings is 3. The number of ketones is 1. The van der Waals surface area contributed by atoms with Gasteiger partial charge in [-0.15, -0.1) is 0 Å². The lowest BCUT2D eigenvalue weighted by Crippen LogP contribution is -2.31. The highest BCUT2D eigenvalue weighted by Crippen LogP contribution is 2.47. The SMILES string of the molecule is COc1cc(C(=O)CCCO)ccc1-c1nc2c(n1C(C)C)C(c1ccc(Cl)cc1C)N(c1cc(Cl)ccc1C)C2=O. The van der Waals surface area contributed by atoms with Crippen molar-refractivity contribution in [3.8, 4) is 17.1 Å². The molecule has 0 saturated heterocycles. The zero-order valence-corrected chi connectivity index (χ0v) is 25.8. The van der Waals surface area contributed by atoms with Gasteiger partial charge in [-0.05, 0) is 87.2 Å². The van der Waals surface area contributed by atoms with Gasteiger partial charge in [-0.1, -0.05) is 41.4 Å². The molecule has 1 atom stereocenters. The molecule has 42 heavy (non-hydrogen) atoms. The molecule has 0 aliphatic carbocycles. The van der Waals surface area contributed by atoms with E-state index in [0.29, 0.717) is 50.5 Å². The zero-order valence-electron chi connectivity index (χ0n) is 24.2. The monoisotopic (exact) mass is 605 g/mol. The topological polar surface area (TPSA) is 84.7 Å². The summed E-state index contributed by atoms with van der Waals surface area (Å²) in [7, 11) is 1.55. The van der Waals surface area contributed by atoms with E-state index < -0.39 is 6.04 Å². The fraction of sp³-hybridized carbons (Fsp3) is 0.303. The first-order chi connectivity index (χ1) is 20.1. The van der Waals surface area contributed by atoms with Crippen molar-refractivity contribution in [1.29, 1.82) is 0 Å². The molecule has 0 fully saturated rings. The van der Waals surface area contributed by atoms with E-state index in [9.17, 15) is 9.59 Å². The number of imidazole rings is 1. The quantitative estimate of drug-likeness (QED) is 0.197. The van der Waals surface area contributed by atoms with E-state index in [1.807, 2.05) is 70.2 Å². The van der Waals surface area contributed by atoms with Crippen molar-refractivity contribution in [1.82, 2.24) is 9.55 Å². The van der Waals surface area contributed by atoms with E-state index >= 15 is 0 Å². The minimum absolute atomic E-state index is 0.0493. The Morgan fingerprint density at radius 3 is 2.40 bits per heavy atom. The number of aryl methyl sites for hydroxylation is 2. The summed E-state index contributed by atoms with van der Waals surface area (Å²) < 4.78 is 7.82. The minimum atomic E-state index is -0.490. The maximum atomic E-state index is 14.3. The number of nitrogens with zero attached hydrogens (tertiary/aromatic N) is 3. The molecule has 1 aromatic heterocycles. The van der Waals surface area contributed by atoms with E-state index in [-0.39, 0.29) is 30.8 Å². The van der Waals surface area contributed by atoms with Crippen LogP contribution in [0.2, 0.25) is 10.0 Å². The van der Waals surface area contributed by atoms with Crippen molar-refractivity contribution < 1.29 is 19.4 Å². The van der Waals surface area contributed by atoms with Crippen molar-refractivity contribution in [2.24, 2.45) is 0 Å². The van der Waals surface area contributed by atoms with E-state index in [0.717, 1.165) is 22.4 Å². The summed E-state index contributed by atoms with van der Waals surface area (Å²) in [5.41, 5.74) is 5.77. The van der Waals surface area contributed by atoms with Gasteiger partial charge in [0.25, 0.3) is 5.91 Å². The Balaban J connectivity index is 1.74. The highest BCUT2D eigenvalue weighted by molar-refractivity contribution is 6.31. The number of anilines is 1. The van der Waals surface area contributed by atoms with Gasteiger partial charge >= 0.3 is 0 Å². The number of carbonyl (C=O) groups excluding carboxylic acids is 2. The Labute approximate surface area is 255 Å². The average Bonchev–Trinajstić information content (AvgIpc) is 3.48. The van der Waals surface area contributed by atoms with Gasteiger partial charge in [0.2, 0.25) is 0 Å². The van der Waals surface area contributed by atoms with Gasteiger partial charge in [0.15, 0.2) is 11.5 Å². The zero-order chi connectivity index (χ0) is 30.3. The Morgan fingerprint density at radius 1 is 1.02 bits per heavy atom. The molecule has 1 N–H and O–H groups in total. The number of methoxy groups -OCH3 is 1. The summed E-state index contributed by atoms with van der Waals surface area (Å²) >= 11 is 12.8. The molecule has 0 radical (unpaired) electrons. The standard InChI is InChI=1S/C33H33Cl2N3O4/c1-18(2)37-31-29(36-32(37)25-12-9-21(16-28(25)42-5)27(40)7-6-14-39)33(41)38(26-17-23(35)10-8-19(26)3)30(31)24-13-11-22(34)15-20(24)4/h8-13,15-18,30,39H,6-7,14H2,1-5H3. The second-order valence-corrected chi connectivity index (χ2v) is 11.7. The molecule has 2 heterocycles. The lowest BCUT2D eigenvalue weighted by Gasteiger charge is -2.30. The number of ether oxygens (including phenoxy) is 1. The molecule has 5 rings (SSSR count). The second kappa shape index (κ2) is 11.9. The van der Waals surface area contributed by atoms with Crippen molar-refractivity contribution in [2.75, 3.05) is 18.6 Å². The minimum Gasteiger partial charge on any atom is -0.496 e. The van der Waals surface area contributed by atoms with Crippen LogP contribution in [0.5, 0.6) is 5.75 Å². The summed E-state index contributed by atoms with van der Waals surface area (Å²) in [5.74, 6) is 0.744. The summed E-state index contributed by atoms with van der Waals surface area (Å²) in [6.45, 7) is 7.99. The second-order valence-electron chi connectivity index (χ2n) is 10.8. The van der Waals surface area contributed by atoms with Gasteiger partial charge in [0.05, 0.1) is 18.4 Å². The van der Waals surface area contributed by atoms with Gasteiger partial charge < -0.3 is 14.4 Å². The van der Waals surface area contributed by atoms with E-state index in [1.54, 1.807) is 24.1 Å². The number of hydrogen-bond donors (Lipinski definition) is 1. The van der Waals surface area contributed by atoms with E-state index in [1.165, 1.54) is 0 Å². The molecule has 0 bridgehead atoms. The predicted molar refractivity (Wildman–Crippen MR) is 166 cm³/mol. The number of rotatable bonds is 9. The summed E-state index contributed by atoms with van der Waals surface area (Å²) in [4.78, 5) is 33.7. The highest BCUT2D eigenvalue weighted by atomic mass is 35.5.